The van der Waals surface area contributed by atoms with Crippen LogP contribution in [0.4, 0.5) is 5.69 Å². The Hall–Kier alpha value is -2.59. The lowest BCUT2D eigenvalue weighted by atomic mass is 9.97. The van der Waals surface area contributed by atoms with Gasteiger partial charge in [0, 0.05) is 16.8 Å². The minimum atomic E-state index is -0.318. The van der Waals surface area contributed by atoms with Gasteiger partial charge in [-0.25, -0.2) is 0 Å². The Kier molecular flexibility index (Phi) is 5.11. The highest BCUT2D eigenvalue weighted by Crippen LogP contribution is 2.34. The number of nitrogens with one attached hydrogen (secondary N) is 1. The van der Waals surface area contributed by atoms with Gasteiger partial charge in [0.05, 0.1) is 5.57 Å². The molecule has 1 aliphatic heterocycles. The fraction of sp³-hybridized carbons (Fsp3) is 0.273. The van der Waals surface area contributed by atoms with Crippen molar-refractivity contribution in [2.75, 3.05) is 5.32 Å². The summed E-state index contributed by atoms with van der Waals surface area (Å²) in [5.41, 5.74) is 5.15. The molecule has 0 fully saturated rings. The van der Waals surface area contributed by atoms with Crippen molar-refractivity contribution >= 4 is 34.7 Å². The molecule has 3 rings (SSSR count). The van der Waals surface area contributed by atoms with Crippen LogP contribution in [0.25, 0.3) is 5.57 Å². The van der Waals surface area contributed by atoms with Gasteiger partial charge in [-0.1, -0.05) is 41.4 Å². The molecule has 1 N–H and O–H groups in total. The third-order valence-electron chi connectivity index (χ3n) is 4.72. The molecule has 27 heavy (non-hydrogen) atoms. The molecule has 0 bridgehead atoms. The largest absolute Gasteiger partial charge is 0.350 e. The van der Waals surface area contributed by atoms with Gasteiger partial charge >= 0.3 is 0 Å². The van der Waals surface area contributed by atoms with Crippen LogP contribution in [0.2, 0.25) is 5.02 Å². The highest BCUT2D eigenvalue weighted by atomic mass is 35.5. The van der Waals surface area contributed by atoms with Gasteiger partial charge in [0.2, 0.25) is 0 Å². The topological polar surface area (TPSA) is 49.4 Å². The highest BCUT2D eigenvalue weighted by Gasteiger charge is 2.41. The van der Waals surface area contributed by atoms with Gasteiger partial charge in [-0.05, 0) is 63.4 Å². The van der Waals surface area contributed by atoms with Crippen LogP contribution in [0.5, 0.6) is 0 Å². The molecule has 0 saturated carbocycles. The first kappa shape index (κ1) is 19.2. The minimum Gasteiger partial charge on any atom is -0.350 e. The molecule has 0 aliphatic carbocycles. The van der Waals surface area contributed by atoms with Crippen molar-refractivity contribution in [3.8, 4) is 0 Å². The number of anilines is 1. The Bertz CT molecular complexity index is 976. The lowest BCUT2D eigenvalue weighted by molar-refractivity contribution is -0.138. The van der Waals surface area contributed by atoms with Crippen LogP contribution in [0, 0.1) is 20.8 Å². The van der Waals surface area contributed by atoms with Gasteiger partial charge in [-0.15, -0.1) is 0 Å². The van der Waals surface area contributed by atoms with Crippen LogP contribution >= 0.6 is 11.6 Å². The van der Waals surface area contributed by atoms with Gasteiger partial charge in [0.15, 0.2) is 0 Å². The second-order valence-corrected chi connectivity index (χ2v) is 7.64. The van der Waals surface area contributed by atoms with E-state index in [-0.39, 0.29) is 17.9 Å². The summed E-state index contributed by atoms with van der Waals surface area (Å²) in [4.78, 5) is 27.4. The summed E-state index contributed by atoms with van der Waals surface area (Å²) in [5, 5.41) is 3.75. The Morgan fingerprint density at radius 3 is 2.22 bits per heavy atom. The molecular formula is C22H23ClN2O2. The van der Waals surface area contributed by atoms with Crippen LogP contribution in [0.3, 0.4) is 0 Å². The van der Waals surface area contributed by atoms with Crippen molar-refractivity contribution in [2.45, 2.75) is 40.7 Å². The number of imide groups is 1. The maximum atomic E-state index is 13.1. The van der Waals surface area contributed by atoms with Gasteiger partial charge < -0.3 is 5.32 Å². The zero-order valence-electron chi connectivity index (χ0n) is 16.2. The third-order valence-corrected chi connectivity index (χ3v) is 5.13. The number of rotatable bonds is 4. The van der Waals surface area contributed by atoms with Gasteiger partial charge in [0.1, 0.15) is 5.70 Å². The number of benzene rings is 2. The molecule has 1 heterocycles. The van der Waals surface area contributed by atoms with Crippen LogP contribution in [-0.4, -0.2) is 22.8 Å². The molecule has 0 aromatic heterocycles. The van der Waals surface area contributed by atoms with Crippen LogP contribution < -0.4 is 5.32 Å². The zero-order valence-corrected chi connectivity index (χ0v) is 16.9. The molecule has 2 amide bonds. The van der Waals surface area contributed by atoms with E-state index >= 15 is 0 Å². The number of hydrogen-bond acceptors (Lipinski definition) is 3. The van der Waals surface area contributed by atoms with E-state index in [2.05, 4.69) is 5.32 Å². The summed E-state index contributed by atoms with van der Waals surface area (Å²) in [6.45, 7) is 9.53. The maximum absolute atomic E-state index is 13.1. The summed E-state index contributed by atoms with van der Waals surface area (Å²) in [5.74, 6) is -0.593. The quantitative estimate of drug-likeness (QED) is 0.768. The molecule has 5 heteroatoms. The Morgan fingerprint density at radius 1 is 0.926 bits per heavy atom. The van der Waals surface area contributed by atoms with E-state index in [9.17, 15) is 9.59 Å². The molecule has 2 aromatic carbocycles. The normalized spacial score (nSPS) is 14.6. The number of halogens is 1. The lowest BCUT2D eigenvalue weighted by Gasteiger charge is -2.19. The van der Waals surface area contributed by atoms with E-state index in [1.54, 1.807) is 6.07 Å². The Morgan fingerprint density at radius 2 is 1.63 bits per heavy atom. The van der Waals surface area contributed by atoms with E-state index in [0.29, 0.717) is 22.0 Å². The Labute approximate surface area is 164 Å². The Balaban J connectivity index is 2.15. The molecular weight excluding hydrogens is 360 g/mol. The maximum Gasteiger partial charge on any atom is 0.278 e. The molecule has 2 aromatic rings. The fourth-order valence-corrected chi connectivity index (χ4v) is 3.47. The first-order chi connectivity index (χ1) is 12.7. The summed E-state index contributed by atoms with van der Waals surface area (Å²) >= 11 is 6.22. The van der Waals surface area contributed by atoms with Crippen molar-refractivity contribution in [3.05, 3.63) is 69.4 Å². The van der Waals surface area contributed by atoms with Crippen molar-refractivity contribution in [3.63, 3.8) is 0 Å². The van der Waals surface area contributed by atoms with Gasteiger partial charge in [0.25, 0.3) is 11.8 Å². The average molecular weight is 383 g/mol. The predicted octanol–water partition coefficient (Wildman–Crippen LogP) is 4.87. The number of carbonyl (C=O) groups excluding carboxylic acids is 2. The first-order valence-electron chi connectivity index (χ1n) is 8.93. The van der Waals surface area contributed by atoms with Crippen molar-refractivity contribution in [1.29, 1.82) is 0 Å². The third kappa shape index (κ3) is 3.50. The average Bonchev–Trinajstić information content (AvgIpc) is 2.82. The monoisotopic (exact) mass is 382 g/mol. The van der Waals surface area contributed by atoms with E-state index in [1.807, 2.05) is 65.0 Å². The predicted molar refractivity (Wildman–Crippen MR) is 110 cm³/mol. The number of aryl methyl sites for hydroxylation is 3. The fourth-order valence-electron chi connectivity index (χ4n) is 3.29. The first-order valence-corrected chi connectivity index (χ1v) is 9.31. The summed E-state index contributed by atoms with van der Waals surface area (Å²) in [6.07, 6.45) is 0. The second kappa shape index (κ2) is 7.20. The van der Waals surface area contributed by atoms with Crippen LogP contribution in [0.1, 0.15) is 36.1 Å². The molecule has 0 radical (unpaired) electrons. The van der Waals surface area contributed by atoms with E-state index < -0.39 is 0 Å². The molecule has 0 unspecified atom stereocenters. The van der Waals surface area contributed by atoms with Gasteiger partial charge in [-0.3, -0.25) is 14.5 Å². The standard InChI is InChI=1S/C22H23ClN2O2/c1-12(2)25-21(26)19(17-9-6-13(3)10-15(17)5)20(22(25)27)24-16-8-7-14(4)18(23)11-16/h6-12,24H,1-5H3. The van der Waals surface area contributed by atoms with E-state index in [1.165, 1.54) is 4.90 Å². The molecule has 1 aliphatic rings. The van der Waals surface area contributed by atoms with Crippen LogP contribution in [-0.2, 0) is 9.59 Å². The van der Waals surface area contributed by atoms with Crippen LogP contribution in [0.15, 0.2) is 42.1 Å². The molecule has 140 valence electrons. The summed E-state index contributed by atoms with van der Waals surface area (Å²) in [7, 11) is 0. The summed E-state index contributed by atoms with van der Waals surface area (Å²) in [6, 6.07) is 11.1. The van der Waals surface area contributed by atoms with Crippen molar-refractivity contribution in [1.82, 2.24) is 4.90 Å². The molecule has 0 spiro atoms. The number of carbonyl (C=O) groups is 2. The number of amides is 2. The molecule has 4 nitrogen and oxygen atoms in total. The molecule has 0 saturated heterocycles. The SMILES string of the molecule is Cc1ccc(C2=C(Nc3ccc(C)c(Cl)c3)C(=O)N(C(C)C)C2=O)c(C)c1. The number of nitrogens with zero attached hydrogens (tertiary/aromatic N) is 1. The minimum absolute atomic E-state index is 0.230. The van der Waals surface area contributed by atoms with E-state index in [4.69, 9.17) is 11.6 Å². The van der Waals surface area contributed by atoms with E-state index in [0.717, 1.165) is 22.3 Å². The second-order valence-electron chi connectivity index (χ2n) is 7.23. The van der Waals surface area contributed by atoms with Gasteiger partial charge in [-0.2, -0.15) is 0 Å². The lowest BCUT2D eigenvalue weighted by Crippen LogP contribution is -2.38. The zero-order chi connectivity index (χ0) is 19.9. The number of hydrogen-bond donors (Lipinski definition) is 1. The smallest absolute Gasteiger partial charge is 0.278 e. The van der Waals surface area contributed by atoms with Crippen molar-refractivity contribution < 1.29 is 9.59 Å². The molecule has 0 atom stereocenters. The summed E-state index contributed by atoms with van der Waals surface area (Å²) < 4.78 is 0. The highest BCUT2D eigenvalue weighted by molar-refractivity contribution is 6.37. The van der Waals surface area contributed by atoms with Crippen molar-refractivity contribution in [2.24, 2.45) is 0 Å².